The van der Waals surface area contributed by atoms with Crippen molar-refractivity contribution in [3.05, 3.63) is 59.1 Å². The highest BCUT2D eigenvalue weighted by molar-refractivity contribution is 6.32. The molecule has 2 aromatic carbocycles. The van der Waals surface area contributed by atoms with Gasteiger partial charge in [-0.15, -0.1) is 0 Å². The number of nitrogens with zero attached hydrogens (tertiary/aromatic N) is 1. The van der Waals surface area contributed by atoms with Crippen molar-refractivity contribution in [2.45, 2.75) is 0 Å². The Balaban J connectivity index is 2.28. The molecule has 3 heteroatoms. The molecule has 0 aromatic heterocycles. The Hall–Kier alpha value is -1.80. The fourth-order valence-corrected chi connectivity index (χ4v) is 1.48. The fraction of sp³-hybridized carbons (Fsp3) is 0. The summed E-state index contributed by atoms with van der Waals surface area (Å²) < 4.78 is 0. The summed E-state index contributed by atoms with van der Waals surface area (Å²) in [6.07, 6.45) is 1.59. The standard InChI is InChI=1S/C13H10ClNO/c14-12-8-4-5-10(13(12)16)9-15-11-6-2-1-3-7-11/h1-9,16H/b15-9+. The third kappa shape index (κ3) is 2.41. The molecule has 0 unspecified atom stereocenters. The monoisotopic (exact) mass is 231 g/mol. The Kier molecular flexibility index (Phi) is 3.22. The van der Waals surface area contributed by atoms with Crippen LogP contribution in [0.25, 0.3) is 0 Å². The number of aromatic hydroxyl groups is 1. The van der Waals surface area contributed by atoms with Crippen LogP contribution in [0.4, 0.5) is 5.69 Å². The van der Waals surface area contributed by atoms with Gasteiger partial charge < -0.3 is 5.11 Å². The quantitative estimate of drug-likeness (QED) is 0.784. The van der Waals surface area contributed by atoms with Gasteiger partial charge in [0.25, 0.3) is 0 Å². The molecule has 2 aromatic rings. The summed E-state index contributed by atoms with van der Waals surface area (Å²) in [5.41, 5.74) is 1.44. The molecule has 0 radical (unpaired) electrons. The molecular weight excluding hydrogens is 222 g/mol. The molecule has 16 heavy (non-hydrogen) atoms. The maximum atomic E-state index is 9.65. The van der Waals surface area contributed by atoms with Crippen molar-refractivity contribution >= 4 is 23.5 Å². The van der Waals surface area contributed by atoms with E-state index in [0.717, 1.165) is 5.69 Å². The van der Waals surface area contributed by atoms with Crippen molar-refractivity contribution in [3.8, 4) is 5.75 Å². The summed E-state index contributed by atoms with van der Waals surface area (Å²) in [5, 5.41) is 9.98. The fourth-order valence-electron chi connectivity index (χ4n) is 1.29. The number of hydrogen-bond donors (Lipinski definition) is 1. The van der Waals surface area contributed by atoms with Crippen molar-refractivity contribution < 1.29 is 5.11 Å². The number of aliphatic imine (C=N–C) groups is 1. The molecule has 0 heterocycles. The topological polar surface area (TPSA) is 32.6 Å². The van der Waals surface area contributed by atoms with Gasteiger partial charge in [-0.25, -0.2) is 0 Å². The summed E-state index contributed by atoms with van der Waals surface area (Å²) in [6, 6.07) is 14.7. The molecule has 0 aliphatic rings. The zero-order valence-corrected chi connectivity index (χ0v) is 9.22. The van der Waals surface area contributed by atoms with Gasteiger partial charge in [-0.1, -0.05) is 35.9 Å². The molecular formula is C13H10ClNO. The number of phenols is 1. The lowest BCUT2D eigenvalue weighted by Gasteiger charge is -1.99. The van der Waals surface area contributed by atoms with Crippen molar-refractivity contribution in [2.75, 3.05) is 0 Å². The predicted molar refractivity (Wildman–Crippen MR) is 66.8 cm³/mol. The molecule has 0 fully saturated rings. The molecule has 0 amide bonds. The Morgan fingerprint density at radius 2 is 1.75 bits per heavy atom. The van der Waals surface area contributed by atoms with Crippen LogP contribution < -0.4 is 0 Å². The van der Waals surface area contributed by atoms with E-state index in [1.807, 2.05) is 30.3 Å². The van der Waals surface area contributed by atoms with Gasteiger partial charge in [0, 0.05) is 11.8 Å². The second-order valence-electron chi connectivity index (χ2n) is 3.27. The molecule has 2 rings (SSSR count). The normalized spacial score (nSPS) is 10.8. The Bertz CT molecular complexity index is 509. The van der Waals surface area contributed by atoms with Gasteiger partial charge in [0.15, 0.2) is 0 Å². The molecule has 0 atom stereocenters. The zero-order valence-electron chi connectivity index (χ0n) is 8.47. The maximum absolute atomic E-state index is 9.65. The molecule has 0 saturated heterocycles. The van der Waals surface area contributed by atoms with Crippen molar-refractivity contribution in [1.82, 2.24) is 0 Å². The highest BCUT2D eigenvalue weighted by atomic mass is 35.5. The summed E-state index contributed by atoms with van der Waals surface area (Å²) in [4.78, 5) is 4.23. The summed E-state index contributed by atoms with van der Waals surface area (Å²) in [5.74, 6) is 0.0591. The van der Waals surface area contributed by atoms with E-state index in [1.54, 1.807) is 24.4 Å². The first kappa shape index (κ1) is 10.7. The van der Waals surface area contributed by atoms with E-state index >= 15 is 0 Å². The minimum Gasteiger partial charge on any atom is -0.506 e. The van der Waals surface area contributed by atoms with Crippen molar-refractivity contribution in [2.24, 2.45) is 4.99 Å². The van der Waals surface area contributed by atoms with Crippen LogP contribution in [0.1, 0.15) is 5.56 Å². The van der Waals surface area contributed by atoms with Crippen LogP contribution in [0.2, 0.25) is 5.02 Å². The van der Waals surface area contributed by atoms with Crippen LogP contribution >= 0.6 is 11.6 Å². The van der Waals surface area contributed by atoms with Crippen LogP contribution in [0.5, 0.6) is 5.75 Å². The van der Waals surface area contributed by atoms with E-state index in [2.05, 4.69) is 4.99 Å². The predicted octanol–water partition coefficient (Wildman–Crippen LogP) is 3.80. The minimum absolute atomic E-state index is 0.0591. The van der Waals surface area contributed by atoms with E-state index < -0.39 is 0 Å². The third-order valence-electron chi connectivity index (χ3n) is 2.13. The molecule has 0 aliphatic heterocycles. The lowest BCUT2D eigenvalue weighted by molar-refractivity contribution is 0.475. The minimum atomic E-state index is 0.0591. The summed E-state index contributed by atoms with van der Waals surface area (Å²) in [6.45, 7) is 0. The van der Waals surface area contributed by atoms with Gasteiger partial charge in [-0.2, -0.15) is 0 Å². The first-order valence-electron chi connectivity index (χ1n) is 4.84. The van der Waals surface area contributed by atoms with E-state index in [4.69, 9.17) is 11.6 Å². The molecule has 0 saturated carbocycles. The van der Waals surface area contributed by atoms with Crippen LogP contribution in [0, 0.1) is 0 Å². The number of rotatable bonds is 2. The van der Waals surface area contributed by atoms with Crippen LogP contribution in [0.15, 0.2) is 53.5 Å². The lowest BCUT2D eigenvalue weighted by Crippen LogP contribution is -1.82. The van der Waals surface area contributed by atoms with E-state index in [1.165, 1.54) is 0 Å². The lowest BCUT2D eigenvalue weighted by atomic mass is 10.2. The van der Waals surface area contributed by atoms with Gasteiger partial charge >= 0.3 is 0 Å². The van der Waals surface area contributed by atoms with Gasteiger partial charge in [0.2, 0.25) is 0 Å². The van der Waals surface area contributed by atoms with E-state index in [-0.39, 0.29) is 5.75 Å². The first-order valence-corrected chi connectivity index (χ1v) is 5.22. The molecule has 2 nitrogen and oxygen atoms in total. The van der Waals surface area contributed by atoms with E-state index in [9.17, 15) is 5.11 Å². The maximum Gasteiger partial charge on any atom is 0.142 e. The first-order chi connectivity index (χ1) is 7.77. The average molecular weight is 232 g/mol. The third-order valence-corrected chi connectivity index (χ3v) is 2.43. The second-order valence-corrected chi connectivity index (χ2v) is 3.68. The van der Waals surface area contributed by atoms with Gasteiger partial charge in [0.05, 0.1) is 10.7 Å². The number of benzene rings is 2. The smallest absolute Gasteiger partial charge is 0.142 e. The molecule has 80 valence electrons. The Morgan fingerprint density at radius 3 is 2.50 bits per heavy atom. The highest BCUT2D eigenvalue weighted by Crippen LogP contribution is 2.26. The van der Waals surface area contributed by atoms with Gasteiger partial charge in [-0.05, 0) is 24.3 Å². The van der Waals surface area contributed by atoms with Crippen LogP contribution in [0.3, 0.4) is 0 Å². The molecule has 0 bridgehead atoms. The molecule has 0 aliphatic carbocycles. The number of halogens is 1. The van der Waals surface area contributed by atoms with Gasteiger partial charge in [0.1, 0.15) is 5.75 Å². The largest absolute Gasteiger partial charge is 0.506 e. The average Bonchev–Trinajstić information content (AvgIpc) is 2.32. The Labute approximate surface area is 98.8 Å². The highest BCUT2D eigenvalue weighted by Gasteiger charge is 2.01. The summed E-state index contributed by atoms with van der Waals surface area (Å²) in [7, 11) is 0. The zero-order chi connectivity index (χ0) is 11.4. The van der Waals surface area contributed by atoms with E-state index in [0.29, 0.717) is 10.6 Å². The second kappa shape index (κ2) is 4.81. The number of para-hydroxylation sites is 2. The van der Waals surface area contributed by atoms with Gasteiger partial charge in [-0.3, -0.25) is 4.99 Å². The summed E-state index contributed by atoms with van der Waals surface area (Å²) >= 11 is 5.78. The molecule has 0 spiro atoms. The Morgan fingerprint density at radius 1 is 1.00 bits per heavy atom. The van der Waals surface area contributed by atoms with Crippen LogP contribution in [-0.2, 0) is 0 Å². The SMILES string of the molecule is Oc1c(Cl)cccc1/C=N/c1ccccc1. The number of phenolic OH excluding ortho intramolecular Hbond substituents is 1. The molecule has 1 N–H and O–H groups in total. The van der Waals surface area contributed by atoms with Crippen molar-refractivity contribution in [3.63, 3.8) is 0 Å². The number of hydrogen-bond acceptors (Lipinski definition) is 2. The van der Waals surface area contributed by atoms with Crippen LogP contribution in [-0.4, -0.2) is 11.3 Å². The van der Waals surface area contributed by atoms with Crippen molar-refractivity contribution in [1.29, 1.82) is 0 Å².